The molecule has 4 heteroatoms. The van der Waals surface area contributed by atoms with Gasteiger partial charge in [0.05, 0.1) is 0 Å². The molecule has 20 heavy (non-hydrogen) atoms. The summed E-state index contributed by atoms with van der Waals surface area (Å²) in [4.78, 5) is 13.4. The van der Waals surface area contributed by atoms with Gasteiger partial charge in [-0.15, -0.1) is 11.3 Å². The van der Waals surface area contributed by atoms with E-state index in [4.69, 9.17) is 0 Å². The molecule has 1 aliphatic carbocycles. The van der Waals surface area contributed by atoms with Crippen LogP contribution in [0.1, 0.15) is 35.5 Å². The second kappa shape index (κ2) is 5.94. The van der Waals surface area contributed by atoms with Crippen LogP contribution in [0.5, 0.6) is 0 Å². The van der Waals surface area contributed by atoms with Crippen molar-refractivity contribution in [3.05, 3.63) is 56.1 Å². The Balaban J connectivity index is 1.65. The second-order valence-electron chi connectivity index (χ2n) is 5.34. The summed E-state index contributed by atoms with van der Waals surface area (Å²) in [5.41, 5.74) is 2.75. The van der Waals surface area contributed by atoms with Gasteiger partial charge in [0.1, 0.15) is 0 Å². The van der Waals surface area contributed by atoms with Gasteiger partial charge in [-0.1, -0.05) is 12.1 Å². The molecule has 0 saturated heterocycles. The number of thiophene rings is 1. The molecule has 2 heterocycles. The third-order valence-corrected chi connectivity index (χ3v) is 5.06. The molecule has 0 aliphatic heterocycles. The van der Waals surface area contributed by atoms with Crippen LogP contribution in [0.2, 0.25) is 0 Å². The van der Waals surface area contributed by atoms with Crippen molar-refractivity contribution < 1.29 is 0 Å². The van der Waals surface area contributed by atoms with Gasteiger partial charge in [0, 0.05) is 35.8 Å². The molecule has 1 atom stereocenters. The zero-order valence-corrected chi connectivity index (χ0v) is 12.6. The van der Waals surface area contributed by atoms with E-state index < -0.39 is 0 Å². The molecule has 0 fully saturated rings. The van der Waals surface area contributed by atoms with Crippen molar-refractivity contribution in [2.75, 3.05) is 6.54 Å². The van der Waals surface area contributed by atoms with E-state index >= 15 is 0 Å². The normalized spacial score (nSPS) is 15.2. The maximum absolute atomic E-state index is 12.0. The van der Waals surface area contributed by atoms with E-state index in [1.807, 2.05) is 10.6 Å². The Morgan fingerprint density at radius 1 is 1.35 bits per heavy atom. The molecule has 0 saturated carbocycles. The lowest BCUT2D eigenvalue weighted by molar-refractivity contribution is 0.521. The molecule has 1 N–H and O–H groups in total. The van der Waals surface area contributed by atoms with Crippen molar-refractivity contribution in [3.63, 3.8) is 0 Å². The first-order valence-corrected chi connectivity index (χ1v) is 8.12. The summed E-state index contributed by atoms with van der Waals surface area (Å²) in [6.45, 7) is 3.76. The summed E-state index contributed by atoms with van der Waals surface area (Å²) in [5.74, 6) is 0. The fraction of sp³-hybridized carbons (Fsp3) is 0.438. The Kier molecular flexibility index (Phi) is 4.03. The van der Waals surface area contributed by atoms with Gasteiger partial charge in [-0.25, -0.2) is 0 Å². The minimum absolute atomic E-state index is 0.135. The number of hydrogen-bond donors (Lipinski definition) is 1. The summed E-state index contributed by atoms with van der Waals surface area (Å²) in [6, 6.07) is 8.29. The fourth-order valence-electron chi connectivity index (χ4n) is 2.91. The van der Waals surface area contributed by atoms with Crippen LogP contribution in [-0.2, 0) is 19.4 Å². The highest BCUT2D eigenvalue weighted by molar-refractivity contribution is 7.10. The van der Waals surface area contributed by atoms with Gasteiger partial charge in [0.2, 0.25) is 0 Å². The summed E-state index contributed by atoms with van der Waals surface area (Å²) in [6.07, 6.45) is 3.35. The zero-order chi connectivity index (χ0) is 13.9. The van der Waals surface area contributed by atoms with Crippen molar-refractivity contribution >= 4 is 11.3 Å². The molecule has 1 aliphatic rings. The molecule has 1 unspecified atom stereocenters. The minimum Gasteiger partial charge on any atom is -0.311 e. The summed E-state index contributed by atoms with van der Waals surface area (Å²) in [7, 11) is 0. The van der Waals surface area contributed by atoms with Crippen molar-refractivity contribution in [2.24, 2.45) is 0 Å². The number of hydrogen-bond acceptors (Lipinski definition) is 3. The fourth-order valence-corrected chi connectivity index (χ4v) is 3.67. The van der Waals surface area contributed by atoms with E-state index in [9.17, 15) is 4.79 Å². The molecule has 106 valence electrons. The number of fused-ring (bicyclic) bond motifs is 1. The highest BCUT2D eigenvalue weighted by Gasteiger charge is 2.15. The largest absolute Gasteiger partial charge is 0.311 e. The molecule has 0 radical (unpaired) electrons. The first-order valence-electron chi connectivity index (χ1n) is 7.24. The lowest BCUT2D eigenvalue weighted by atomic mass is 10.2. The van der Waals surface area contributed by atoms with Crippen LogP contribution in [0.15, 0.2) is 34.4 Å². The first-order chi connectivity index (χ1) is 9.75. The maximum atomic E-state index is 12.0. The number of nitrogens with zero attached hydrogens (tertiary/aromatic N) is 1. The lowest BCUT2D eigenvalue weighted by Crippen LogP contribution is -2.29. The van der Waals surface area contributed by atoms with Crippen molar-refractivity contribution in [2.45, 2.75) is 38.8 Å². The number of aromatic nitrogens is 1. The Bertz CT molecular complexity index is 630. The van der Waals surface area contributed by atoms with Crippen LogP contribution >= 0.6 is 11.3 Å². The molecule has 2 aromatic heterocycles. The van der Waals surface area contributed by atoms with E-state index in [-0.39, 0.29) is 5.56 Å². The monoisotopic (exact) mass is 288 g/mol. The first kappa shape index (κ1) is 13.6. The van der Waals surface area contributed by atoms with Gasteiger partial charge in [-0.3, -0.25) is 4.79 Å². The molecular weight excluding hydrogens is 268 g/mol. The zero-order valence-electron chi connectivity index (χ0n) is 11.8. The molecule has 3 rings (SSSR count). The van der Waals surface area contributed by atoms with Crippen LogP contribution < -0.4 is 10.9 Å². The van der Waals surface area contributed by atoms with Crippen LogP contribution in [0.4, 0.5) is 0 Å². The van der Waals surface area contributed by atoms with Gasteiger partial charge in [0.25, 0.3) is 5.56 Å². The molecule has 0 amide bonds. The molecular formula is C16H20N2OS. The average molecular weight is 288 g/mol. The van der Waals surface area contributed by atoms with E-state index in [1.54, 1.807) is 17.4 Å². The number of aryl methyl sites for hydroxylation is 1. The van der Waals surface area contributed by atoms with Crippen molar-refractivity contribution in [1.29, 1.82) is 0 Å². The molecule has 0 bridgehead atoms. The lowest BCUT2D eigenvalue weighted by Gasteiger charge is -2.15. The van der Waals surface area contributed by atoms with Gasteiger partial charge in [-0.2, -0.15) is 0 Å². The number of nitrogens with one attached hydrogen (secondary N) is 1. The van der Waals surface area contributed by atoms with Gasteiger partial charge in [-0.05, 0) is 43.2 Å². The number of pyridine rings is 1. The topological polar surface area (TPSA) is 34.0 Å². The molecule has 0 aromatic carbocycles. The summed E-state index contributed by atoms with van der Waals surface area (Å²) < 4.78 is 1.95. The third kappa shape index (κ3) is 2.72. The quantitative estimate of drug-likeness (QED) is 0.918. The Morgan fingerprint density at radius 2 is 2.25 bits per heavy atom. The highest BCUT2D eigenvalue weighted by atomic mass is 32.1. The van der Waals surface area contributed by atoms with Crippen LogP contribution in [-0.4, -0.2) is 11.1 Å². The van der Waals surface area contributed by atoms with Gasteiger partial charge >= 0.3 is 0 Å². The van der Waals surface area contributed by atoms with Crippen LogP contribution in [0, 0.1) is 0 Å². The predicted molar refractivity (Wildman–Crippen MR) is 83.5 cm³/mol. The van der Waals surface area contributed by atoms with Crippen molar-refractivity contribution in [3.8, 4) is 0 Å². The molecule has 2 aromatic rings. The Morgan fingerprint density at radius 3 is 3.05 bits per heavy atom. The highest BCUT2D eigenvalue weighted by Crippen LogP contribution is 2.20. The van der Waals surface area contributed by atoms with E-state index in [0.29, 0.717) is 6.04 Å². The van der Waals surface area contributed by atoms with Crippen LogP contribution in [0.25, 0.3) is 0 Å². The third-order valence-electron chi connectivity index (χ3n) is 4.01. The Hall–Kier alpha value is -1.39. The van der Waals surface area contributed by atoms with E-state index in [0.717, 1.165) is 25.9 Å². The van der Waals surface area contributed by atoms with E-state index in [1.165, 1.54) is 22.6 Å². The molecule has 0 spiro atoms. The maximum Gasteiger partial charge on any atom is 0.250 e. The standard InChI is InChI=1S/C16H20N2OS/c1-12(15-6-3-11-20-15)17-9-10-18-14-5-2-4-13(14)7-8-16(18)19/h3,6-8,11-12,17H,2,4-5,9-10H2,1H3. The Labute approximate surface area is 123 Å². The minimum atomic E-state index is 0.135. The van der Waals surface area contributed by atoms with Crippen molar-refractivity contribution in [1.82, 2.24) is 9.88 Å². The smallest absolute Gasteiger partial charge is 0.250 e. The average Bonchev–Trinajstić information content (AvgIpc) is 3.10. The van der Waals surface area contributed by atoms with E-state index in [2.05, 4.69) is 29.8 Å². The predicted octanol–water partition coefficient (Wildman–Crippen LogP) is 2.75. The SMILES string of the molecule is CC(NCCn1c2c(ccc1=O)CCC2)c1cccs1. The van der Waals surface area contributed by atoms with Gasteiger partial charge in [0.15, 0.2) is 0 Å². The summed E-state index contributed by atoms with van der Waals surface area (Å²) >= 11 is 1.77. The molecule has 3 nitrogen and oxygen atoms in total. The van der Waals surface area contributed by atoms with Crippen LogP contribution in [0.3, 0.4) is 0 Å². The summed E-state index contributed by atoms with van der Waals surface area (Å²) in [5, 5.41) is 5.60. The van der Waals surface area contributed by atoms with Gasteiger partial charge < -0.3 is 9.88 Å². The second-order valence-corrected chi connectivity index (χ2v) is 6.32. The number of rotatable bonds is 5.